The normalized spacial score (nSPS) is 11.1. The maximum Gasteiger partial charge on any atom is 0.221 e. The molecule has 0 spiro atoms. The van der Waals surface area contributed by atoms with Gasteiger partial charge in [-0.1, -0.05) is 0 Å². The summed E-state index contributed by atoms with van der Waals surface area (Å²) in [6.45, 7) is 1.34. The van der Waals surface area contributed by atoms with Crippen molar-refractivity contribution in [3.63, 3.8) is 0 Å². The van der Waals surface area contributed by atoms with Crippen LogP contribution in [0.25, 0.3) is 11.0 Å². The minimum absolute atomic E-state index is 0.137. The van der Waals surface area contributed by atoms with Gasteiger partial charge in [0.2, 0.25) is 5.91 Å². The van der Waals surface area contributed by atoms with Gasteiger partial charge in [-0.15, -0.1) is 10.2 Å². The molecule has 0 aliphatic carbocycles. The number of nitrogens with zero attached hydrogens (tertiary/aromatic N) is 5. The number of carbonyl (C=O) groups excluding carboxylic acids is 1. The van der Waals surface area contributed by atoms with Gasteiger partial charge in [-0.25, -0.2) is 9.97 Å². The molecule has 2 N–H and O–H groups in total. The van der Waals surface area contributed by atoms with E-state index < -0.39 is 0 Å². The molecule has 8 nitrogen and oxygen atoms in total. The molecule has 1 amide bonds. The number of nitrogens with one attached hydrogen (secondary N) is 1. The fourth-order valence-electron chi connectivity index (χ4n) is 1.72. The lowest BCUT2D eigenvalue weighted by Gasteiger charge is -2.04. The van der Waals surface area contributed by atoms with Crippen LogP contribution in [0.2, 0.25) is 0 Å². The van der Waals surface area contributed by atoms with Gasteiger partial charge in [-0.3, -0.25) is 4.79 Å². The first-order chi connectivity index (χ1) is 10.6. The van der Waals surface area contributed by atoms with Crippen molar-refractivity contribution in [2.75, 3.05) is 5.32 Å². The number of anilines is 1. The van der Waals surface area contributed by atoms with E-state index in [1.54, 1.807) is 12.3 Å². The third-order valence-corrected chi connectivity index (χ3v) is 3.40. The number of azo groups is 1. The van der Waals surface area contributed by atoms with E-state index in [1.807, 2.05) is 6.07 Å². The highest BCUT2D eigenvalue weighted by molar-refractivity contribution is 7.11. The van der Waals surface area contributed by atoms with Crippen LogP contribution < -0.4 is 5.32 Å². The zero-order valence-corrected chi connectivity index (χ0v) is 12.2. The lowest BCUT2D eigenvalue weighted by molar-refractivity contribution is -0.114. The Balaban J connectivity index is 1.90. The molecule has 0 saturated heterocycles. The SMILES string of the molecule is CC(=O)Nc1cc(/N=N/c2snc3ncccc23)ncc1O. The van der Waals surface area contributed by atoms with Gasteiger partial charge >= 0.3 is 0 Å². The van der Waals surface area contributed by atoms with E-state index in [0.29, 0.717) is 10.6 Å². The van der Waals surface area contributed by atoms with E-state index in [4.69, 9.17) is 0 Å². The Bertz CT molecular complexity index is 876. The highest BCUT2D eigenvalue weighted by Gasteiger charge is 2.07. The smallest absolute Gasteiger partial charge is 0.221 e. The van der Waals surface area contributed by atoms with Crippen molar-refractivity contribution in [3.8, 4) is 5.75 Å². The fourth-order valence-corrected chi connectivity index (χ4v) is 2.38. The second-order valence-electron chi connectivity index (χ2n) is 4.30. The largest absolute Gasteiger partial charge is 0.504 e. The molecule has 3 heterocycles. The zero-order chi connectivity index (χ0) is 15.5. The minimum Gasteiger partial charge on any atom is -0.504 e. The van der Waals surface area contributed by atoms with Crippen molar-refractivity contribution in [1.82, 2.24) is 14.3 Å². The Morgan fingerprint density at radius 3 is 3.05 bits per heavy atom. The molecule has 0 atom stereocenters. The van der Waals surface area contributed by atoms with Crippen molar-refractivity contribution in [2.45, 2.75) is 6.92 Å². The number of fused-ring (bicyclic) bond motifs is 1. The number of rotatable bonds is 3. The van der Waals surface area contributed by atoms with Crippen LogP contribution in [-0.2, 0) is 4.79 Å². The molecule has 9 heteroatoms. The predicted octanol–water partition coefficient (Wildman–Crippen LogP) is 3.17. The molecule has 3 aromatic rings. The quantitative estimate of drug-likeness (QED) is 0.721. The third-order valence-electron chi connectivity index (χ3n) is 2.66. The van der Waals surface area contributed by atoms with Gasteiger partial charge in [0.15, 0.2) is 22.2 Å². The monoisotopic (exact) mass is 314 g/mol. The molecule has 3 aromatic heterocycles. The van der Waals surface area contributed by atoms with Crippen molar-refractivity contribution in [3.05, 3.63) is 30.6 Å². The van der Waals surface area contributed by atoms with Crippen molar-refractivity contribution in [1.29, 1.82) is 0 Å². The highest BCUT2D eigenvalue weighted by Crippen LogP contribution is 2.31. The first-order valence-electron chi connectivity index (χ1n) is 6.22. The Morgan fingerprint density at radius 1 is 1.36 bits per heavy atom. The van der Waals surface area contributed by atoms with Gasteiger partial charge in [0.25, 0.3) is 0 Å². The average Bonchev–Trinajstić information content (AvgIpc) is 2.91. The maximum atomic E-state index is 11.1. The molecule has 0 saturated carbocycles. The first-order valence-corrected chi connectivity index (χ1v) is 6.99. The molecular formula is C13H10N6O2S. The Morgan fingerprint density at radius 2 is 2.23 bits per heavy atom. The summed E-state index contributed by atoms with van der Waals surface area (Å²) in [6, 6.07) is 5.08. The third kappa shape index (κ3) is 2.88. The molecule has 0 bridgehead atoms. The maximum absolute atomic E-state index is 11.1. The van der Waals surface area contributed by atoms with Gasteiger partial charge in [0, 0.05) is 19.2 Å². The average molecular weight is 314 g/mol. The molecule has 22 heavy (non-hydrogen) atoms. The number of hydrogen-bond acceptors (Lipinski definition) is 8. The van der Waals surface area contributed by atoms with Crippen molar-refractivity contribution in [2.24, 2.45) is 10.2 Å². The van der Waals surface area contributed by atoms with Crippen LogP contribution in [0.3, 0.4) is 0 Å². The molecular weight excluding hydrogens is 304 g/mol. The number of hydrogen-bond donors (Lipinski definition) is 2. The van der Waals surface area contributed by atoms with Crippen LogP contribution in [-0.4, -0.2) is 25.4 Å². The van der Waals surface area contributed by atoms with E-state index in [-0.39, 0.29) is 23.2 Å². The molecule has 110 valence electrons. The van der Waals surface area contributed by atoms with Crippen LogP contribution in [0.15, 0.2) is 40.8 Å². The summed E-state index contributed by atoms with van der Waals surface area (Å²) in [5.41, 5.74) is 0.839. The van der Waals surface area contributed by atoms with E-state index in [1.165, 1.54) is 30.7 Å². The van der Waals surface area contributed by atoms with E-state index in [0.717, 1.165) is 5.39 Å². The number of amides is 1. The minimum atomic E-state index is -0.302. The molecule has 0 aliphatic rings. The fraction of sp³-hybridized carbons (Fsp3) is 0.0769. The summed E-state index contributed by atoms with van der Waals surface area (Å²) in [4.78, 5) is 19.1. The molecule has 0 fully saturated rings. The van der Waals surface area contributed by atoms with E-state index >= 15 is 0 Å². The zero-order valence-electron chi connectivity index (χ0n) is 11.4. The summed E-state index contributed by atoms with van der Waals surface area (Å²) in [7, 11) is 0. The van der Waals surface area contributed by atoms with Crippen molar-refractivity contribution < 1.29 is 9.90 Å². The Labute approximate surface area is 128 Å². The number of aromatic nitrogens is 3. The van der Waals surface area contributed by atoms with E-state index in [2.05, 4.69) is 29.9 Å². The van der Waals surface area contributed by atoms with Gasteiger partial charge in [-0.2, -0.15) is 4.37 Å². The molecule has 3 rings (SSSR count). The predicted molar refractivity (Wildman–Crippen MR) is 81.8 cm³/mol. The molecule has 0 radical (unpaired) electrons. The first kappa shape index (κ1) is 14.0. The number of carbonyl (C=O) groups is 1. The summed E-state index contributed by atoms with van der Waals surface area (Å²) >= 11 is 1.18. The number of aromatic hydroxyl groups is 1. The molecule has 0 unspecified atom stereocenters. The van der Waals surface area contributed by atoms with Crippen molar-refractivity contribution >= 4 is 45.0 Å². The van der Waals surface area contributed by atoms with Gasteiger partial charge in [0.05, 0.1) is 17.3 Å². The van der Waals surface area contributed by atoms with Gasteiger partial charge in [0.1, 0.15) is 0 Å². The summed E-state index contributed by atoms with van der Waals surface area (Å²) in [6.07, 6.45) is 2.86. The Kier molecular flexibility index (Phi) is 3.71. The van der Waals surface area contributed by atoms with Crippen LogP contribution in [0.1, 0.15) is 6.92 Å². The summed E-state index contributed by atoms with van der Waals surface area (Å²) in [5.74, 6) is -0.183. The highest BCUT2D eigenvalue weighted by atomic mass is 32.1. The van der Waals surface area contributed by atoms with Gasteiger partial charge in [-0.05, 0) is 23.7 Å². The van der Waals surface area contributed by atoms with Gasteiger partial charge < -0.3 is 10.4 Å². The van der Waals surface area contributed by atoms with Crippen LogP contribution in [0, 0.1) is 0 Å². The number of pyridine rings is 2. The lowest BCUT2D eigenvalue weighted by Crippen LogP contribution is -2.05. The molecule has 0 aliphatic heterocycles. The van der Waals surface area contributed by atoms with Crippen LogP contribution in [0.5, 0.6) is 5.75 Å². The lowest BCUT2D eigenvalue weighted by atomic mass is 10.3. The summed E-state index contributed by atoms with van der Waals surface area (Å²) in [5, 5.41) is 21.6. The topological polar surface area (TPSA) is 113 Å². The second kappa shape index (κ2) is 5.82. The van der Waals surface area contributed by atoms with E-state index in [9.17, 15) is 9.90 Å². The Hall–Kier alpha value is -2.94. The standard InChI is InChI=1S/C13H10N6O2S/c1-7(20)16-9-5-11(15-6-10(9)21)17-18-13-8-3-2-4-14-12(8)19-22-13/h2-6,21H,1H3,(H,15,16,20)/b18-17+. The van der Waals surface area contributed by atoms with Crippen LogP contribution >= 0.6 is 11.5 Å². The molecule has 0 aromatic carbocycles. The van der Waals surface area contributed by atoms with Crippen LogP contribution in [0.4, 0.5) is 16.5 Å². The summed E-state index contributed by atoms with van der Waals surface area (Å²) < 4.78 is 4.16. The second-order valence-corrected chi connectivity index (χ2v) is 5.05.